The lowest BCUT2D eigenvalue weighted by atomic mass is 10.1. The minimum Gasteiger partial charge on any atom is -0.491 e. The molecular formula is C17H21Cl2NO5. The highest BCUT2D eigenvalue weighted by Crippen LogP contribution is 2.27. The van der Waals surface area contributed by atoms with Crippen molar-refractivity contribution in [2.24, 2.45) is 0 Å². The number of ether oxygens (including phenoxy) is 2. The number of benzene rings is 1. The molecule has 1 aromatic rings. The van der Waals surface area contributed by atoms with Crippen molar-refractivity contribution in [3.63, 3.8) is 0 Å². The van der Waals surface area contributed by atoms with Gasteiger partial charge in [-0.15, -0.1) is 0 Å². The van der Waals surface area contributed by atoms with Gasteiger partial charge in [0, 0.05) is 30.8 Å². The van der Waals surface area contributed by atoms with Gasteiger partial charge < -0.3 is 19.5 Å². The quantitative estimate of drug-likeness (QED) is 0.738. The van der Waals surface area contributed by atoms with Gasteiger partial charge in [-0.1, -0.05) is 23.2 Å². The molecule has 1 aliphatic rings. The summed E-state index contributed by atoms with van der Waals surface area (Å²) in [6.07, 6.45) is 1.51. The van der Waals surface area contributed by atoms with E-state index >= 15 is 0 Å². The number of hydrogen-bond donors (Lipinski definition) is 1. The van der Waals surface area contributed by atoms with Crippen molar-refractivity contribution in [1.29, 1.82) is 0 Å². The summed E-state index contributed by atoms with van der Waals surface area (Å²) in [7, 11) is 0. The Hall–Kier alpha value is -1.50. The number of rotatable bonds is 8. The third kappa shape index (κ3) is 6.38. The van der Waals surface area contributed by atoms with E-state index in [-0.39, 0.29) is 37.9 Å². The summed E-state index contributed by atoms with van der Waals surface area (Å²) in [6.45, 7) is 1.52. The van der Waals surface area contributed by atoms with Crippen LogP contribution in [0.15, 0.2) is 18.2 Å². The Morgan fingerprint density at radius 2 is 1.96 bits per heavy atom. The lowest BCUT2D eigenvalue weighted by molar-refractivity contribution is -0.140. The van der Waals surface area contributed by atoms with Crippen LogP contribution in [0, 0.1) is 0 Å². The Kier molecular flexibility index (Phi) is 7.81. The van der Waals surface area contributed by atoms with Gasteiger partial charge in [0.2, 0.25) is 5.91 Å². The zero-order chi connectivity index (χ0) is 18.2. The third-order valence-corrected chi connectivity index (χ3v) is 4.52. The second-order valence-electron chi connectivity index (χ2n) is 5.75. The third-order valence-electron chi connectivity index (χ3n) is 3.99. The molecule has 1 aliphatic heterocycles. The highest BCUT2D eigenvalue weighted by atomic mass is 35.5. The molecule has 8 heteroatoms. The molecule has 1 saturated heterocycles. The number of hydrogen-bond acceptors (Lipinski definition) is 4. The van der Waals surface area contributed by atoms with E-state index in [2.05, 4.69) is 0 Å². The van der Waals surface area contributed by atoms with Crippen LogP contribution in [-0.4, -0.2) is 54.3 Å². The lowest BCUT2D eigenvalue weighted by Crippen LogP contribution is -2.44. The van der Waals surface area contributed by atoms with Gasteiger partial charge in [0.15, 0.2) is 0 Å². The summed E-state index contributed by atoms with van der Waals surface area (Å²) < 4.78 is 10.9. The zero-order valence-corrected chi connectivity index (χ0v) is 15.3. The van der Waals surface area contributed by atoms with Gasteiger partial charge in [-0.05, 0) is 31.0 Å². The van der Waals surface area contributed by atoms with E-state index in [4.69, 9.17) is 37.8 Å². The Balaban J connectivity index is 1.90. The maximum Gasteiger partial charge on any atom is 0.305 e. The highest BCUT2D eigenvalue weighted by Gasteiger charge is 2.26. The highest BCUT2D eigenvalue weighted by molar-refractivity contribution is 6.35. The number of nitrogens with zero attached hydrogens (tertiary/aromatic N) is 1. The van der Waals surface area contributed by atoms with E-state index in [1.165, 1.54) is 0 Å². The number of carboxylic acid groups (broad SMARTS) is 1. The number of carboxylic acids is 1. The molecule has 1 aromatic carbocycles. The van der Waals surface area contributed by atoms with Gasteiger partial charge in [0.05, 0.1) is 24.5 Å². The van der Waals surface area contributed by atoms with Crippen LogP contribution >= 0.6 is 23.2 Å². The molecule has 0 bridgehead atoms. The monoisotopic (exact) mass is 389 g/mol. The molecule has 1 N–H and O–H groups in total. The molecule has 138 valence electrons. The average Bonchev–Trinajstić information content (AvgIpc) is 2.58. The molecular weight excluding hydrogens is 369 g/mol. The molecule has 0 saturated carbocycles. The SMILES string of the molecule is O=C(O)CCN(C(=O)CCOc1ccc(Cl)cc1Cl)C1CCOCC1. The zero-order valence-electron chi connectivity index (χ0n) is 13.7. The smallest absolute Gasteiger partial charge is 0.305 e. The molecule has 2 rings (SSSR count). The van der Waals surface area contributed by atoms with Crippen LogP contribution in [0.1, 0.15) is 25.7 Å². The van der Waals surface area contributed by atoms with E-state index in [9.17, 15) is 9.59 Å². The molecule has 0 aromatic heterocycles. The largest absolute Gasteiger partial charge is 0.491 e. The van der Waals surface area contributed by atoms with Crippen LogP contribution in [0.5, 0.6) is 5.75 Å². The molecule has 0 spiro atoms. The Morgan fingerprint density at radius 1 is 1.24 bits per heavy atom. The van der Waals surface area contributed by atoms with Crippen molar-refractivity contribution in [3.05, 3.63) is 28.2 Å². The first kappa shape index (κ1) is 19.8. The van der Waals surface area contributed by atoms with Crippen LogP contribution in [0.25, 0.3) is 0 Å². The molecule has 6 nitrogen and oxygen atoms in total. The van der Waals surface area contributed by atoms with Crippen molar-refractivity contribution in [2.45, 2.75) is 31.7 Å². The van der Waals surface area contributed by atoms with Crippen LogP contribution < -0.4 is 4.74 Å². The Bertz CT molecular complexity index is 605. The molecule has 0 aliphatic carbocycles. The topological polar surface area (TPSA) is 76.1 Å². The van der Waals surface area contributed by atoms with Gasteiger partial charge in [0.25, 0.3) is 0 Å². The van der Waals surface area contributed by atoms with Crippen molar-refractivity contribution in [2.75, 3.05) is 26.4 Å². The molecule has 25 heavy (non-hydrogen) atoms. The van der Waals surface area contributed by atoms with Crippen molar-refractivity contribution >= 4 is 35.1 Å². The molecule has 1 amide bonds. The minimum atomic E-state index is -0.922. The van der Waals surface area contributed by atoms with Crippen molar-refractivity contribution < 1.29 is 24.2 Å². The van der Waals surface area contributed by atoms with E-state index < -0.39 is 5.97 Å². The van der Waals surface area contributed by atoms with Gasteiger partial charge >= 0.3 is 5.97 Å². The fourth-order valence-corrected chi connectivity index (χ4v) is 3.17. The number of carbonyl (C=O) groups is 2. The first-order chi connectivity index (χ1) is 12.0. The molecule has 0 atom stereocenters. The second-order valence-corrected chi connectivity index (χ2v) is 6.59. The number of halogens is 2. The summed E-state index contributed by atoms with van der Waals surface area (Å²) in [5, 5.41) is 9.80. The number of aliphatic carboxylic acids is 1. The number of carbonyl (C=O) groups excluding carboxylic acids is 1. The van der Waals surface area contributed by atoms with Crippen LogP contribution in [0.3, 0.4) is 0 Å². The van der Waals surface area contributed by atoms with Crippen LogP contribution in [0.4, 0.5) is 0 Å². The molecule has 1 heterocycles. The standard InChI is InChI=1S/C17H21Cl2NO5/c18-12-1-2-15(14(19)11-12)25-10-6-16(21)20(7-3-17(22)23)13-4-8-24-9-5-13/h1-2,11,13H,3-10H2,(H,22,23). The normalized spacial score (nSPS) is 15.0. The average molecular weight is 390 g/mol. The van der Waals surface area contributed by atoms with Crippen molar-refractivity contribution in [3.8, 4) is 5.75 Å². The van der Waals surface area contributed by atoms with E-state index in [1.807, 2.05) is 0 Å². The predicted molar refractivity (Wildman–Crippen MR) is 94.4 cm³/mol. The Morgan fingerprint density at radius 3 is 2.60 bits per heavy atom. The van der Waals surface area contributed by atoms with Crippen LogP contribution in [-0.2, 0) is 14.3 Å². The first-order valence-electron chi connectivity index (χ1n) is 8.14. The van der Waals surface area contributed by atoms with E-state index in [0.717, 1.165) is 12.8 Å². The van der Waals surface area contributed by atoms with Gasteiger partial charge in [-0.25, -0.2) is 0 Å². The second kappa shape index (κ2) is 9.85. The van der Waals surface area contributed by atoms with Gasteiger partial charge in [-0.3, -0.25) is 9.59 Å². The summed E-state index contributed by atoms with van der Waals surface area (Å²) in [6, 6.07) is 4.89. The summed E-state index contributed by atoms with van der Waals surface area (Å²) >= 11 is 11.9. The van der Waals surface area contributed by atoms with E-state index in [1.54, 1.807) is 23.1 Å². The summed E-state index contributed by atoms with van der Waals surface area (Å²) in [5.41, 5.74) is 0. The van der Waals surface area contributed by atoms with Gasteiger partial charge in [0.1, 0.15) is 5.75 Å². The van der Waals surface area contributed by atoms with Gasteiger partial charge in [-0.2, -0.15) is 0 Å². The Labute approximate surface area is 156 Å². The molecule has 1 fully saturated rings. The summed E-state index contributed by atoms with van der Waals surface area (Å²) in [5.74, 6) is -0.589. The molecule has 0 radical (unpaired) electrons. The number of amides is 1. The lowest BCUT2D eigenvalue weighted by Gasteiger charge is -2.34. The minimum absolute atomic E-state index is 0.0136. The molecule has 0 unspecified atom stereocenters. The predicted octanol–water partition coefficient (Wildman–Crippen LogP) is 3.24. The summed E-state index contributed by atoms with van der Waals surface area (Å²) in [4.78, 5) is 25.0. The van der Waals surface area contributed by atoms with Crippen LogP contribution in [0.2, 0.25) is 10.0 Å². The van der Waals surface area contributed by atoms with E-state index in [0.29, 0.717) is 29.0 Å². The maximum absolute atomic E-state index is 12.5. The van der Waals surface area contributed by atoms with Crippen molar-refractivity contribution in [1.82, 2.24) is 4.90 Å². The first-order valence-corrected chi connectivity index (χ1v) is 8.90. The fraction of sp³-hybridized carbons (Fsp3) is 0.529. The maximum atomic E-state index is 12.5. The fourth-order valence-electron chi connectivity index (χ4n) is 2.71.